The molecule has 33 heavy (non-hydrogen) atoms. The predicted octanol–water partition coefficient (Wildman–Crippen LogP) is 5.97. The molecule has 0 fully saturated rings. The number of rotatable bonds is 8. The Morgan fingerprint density at radius 1 is 1.18 bits per heavy atom. The van der Waals surface area contributed by atoms with E-state index in [1.54, 1.807) is 43.5 Å². The standard InChI is InChI=1S/C26H22FIN2O3/c1-3-33-22-9-7-21(8-10-22)30-26(31)19(16-29)11-18-14-24(28)23(25(15-18)32-2)13-17-5-4-6-20(27)12-17/h4-12,14-15H,3,13H2,1-2H3,(H,30,31)/b19-11+. The number of benzene rings is 3. The molecule has 0 aliphatic heterocycles. The molecule has 7 heteroatoms. The summed E-state index contributed by atoms with van der Waals surface area (Å²) in [4.78, 5) is 12.6. The van der Waals surface area contributed by atoms with Crippen LogP contribution in [-0.4, -0.2) is 19.6 Å². The van der Waals surface area contributed by atoms with Crippen LogP contribution in [-0.2, 0) is 11.2 Å². The van der Waals surface area contributed by atoms with Crippen LogP contribution in [0.2, 0.25) is 0 Å². The second kappa shape index (κ2) is 11.5. The van der Waals surface area contributed by atoms with Gasteiger partial charge in [0.05, 0.1) is 13.7 Å². The molecule has 1 N–H and O–H groups in total. The zero-order chi connectivity index (χ0) is 23.8. The van der Waals surface area contributed by atoms with Crippen molar-refractivity contribution in [2.24, 2.45) is 0 Å². The van der Waals surface area contributed by atoms with Crippen LogP contribution in [0, 0.1) is 20.7 Å². The molecule has 0 radical (unpaired) electrons. The number of nitriles is 1. The summed E-state index contributed by atoms with van der Waals surface area (Å²) in [7, 11) is 1.55. The molecule has 0 atom stereocenters. The first-order valence-electron chi connectivity index (χ1n) is 10.2. The van der Waals surface area contributed by atoms with Crippen molar-refractivity contribution >= 4 is 40.3 Å². The maximum absolute atomic E-state index is 13.6. The van der Waals surface area contributed by atoms with Crippen LogP contribution in [0.1, 0.15) is 23.6 Å². The molecule has 5 nitrogen and oxygen atoms in total. The molecule has 0 aliphatic rings. The van der Waals surface area contributed by atoms with Gasteiger partial charge in [-0.3, -0.25) is 4.79 Å². The molecule has 0 saturated heterocycles. The summed E-state index contributed by atoms with van der Waals surface area (Å²) in [6.07, 6.45) is 2.01. The van der Waals surface area contributed by atoms with E-state index in [0.29, 0.717) is 35.8 Å². The molecule has 0 saturated carbocycles. The van der Waals surface area contributed by atoms with Gasteiger partial charge in [0.1, 0.15) is 29.0 Å². The van der Waals surface area contributed by atoms with Crippen molar-refractivity contribution in [3.05, 3.63) is 92.3 Å². The summed E-state index contributed by atoms with van der Waals surface area (Å²) in [5, 5.41) is 12.3. The van der Waals surface area contributed by atoms with Crippen LogP contribution in [0.3, 0.4) is 0 Å². The van der Waals surface area contributed by atoms with Crippen LogP contribution in [0.5, 0.6) is 11.5 Å². The third kappa shape index (κ3) is 6.56. The number of amides is 1. The maximum Gasteiger partial charge on any atom is 0.266 e. The summed E-state index contributed by atoms with van der Waals surface area (Å²) in [5.41, 5.74) is 2.89. The molecule has 0 heterocycles. The highest BCUT2D eigenvalue weighted by Gasteiger charge is 2.14. The first-order chi connectivity index (χ1) is 15.9. The Kier molecular flexibility index (Phi) is 8.44. The molecular formula is C26H22FIN2O3. The van der Waals surface area contributed by atoms with Crippen molar-refractivity contribution in [2.45, 2.75) is 13.3 Å². The topological polar surface area (TPSA) is 71.3 Å². The lowest BCUT2D eigenvalue weighted by atomic mass is 10.0. The first kappa shape index (κ1) is 24.3. The summed E-state index contributed by atoms with van der Waals surface area (Å²) in [6, 6.07) is 18.9. The van der Waals surface area contributed by atoms with Gasteiger partial charge in [-0.25, -0.2) is 4.39 Å². The Morgan fingerprint density at radius 2 is 1.94 bits per heavy atom. The monoisotopic (exact) mass is 556 g/mol. The zero-order valence-corrected chi connectivity index (χ0v) is 20.4. The lowest BCUT2D eigenvalue weighted by Gasteiger charge is -2.13. The van der Waals surface area contributed by atoms with Gasteiger partial charge in [-0.1, -0.05) is 12.1 Å². The SMILES string of the molecule is CCOc1ccc(NC(=O)/C(C#N)=C/c2cc(I)c(Cc3cccc(F)c3)c(OC)c2)cc1. The molecule has 1 amide bonds. The predicted molar refractivity (Wildman–Crippen MR) is 135 cm³/mol. The highest BCUT2D eigenvalue weighted by atomic mass is 127. The van der Waals surface area contributed by atoms with E-state index in [-0.39, 0.29) is 11.4 Å². The highest BCUT2D eigenvalue weighted by molar-refractivity contribution is 14.1. The van der Waals surface area contributed by atoms with Gasteiger partial charge in [0.25, 0.3) is 5.91 Å². The van der Waals surface area contributed by atoms with Crippen LogP contribution in [0.15, 0.2) is 66.2 Å². The fourth-order valence-electron chi connectivity index (χ4n) is 3.23. The number of methoxy groups -OCH3 is 1. The average Bonchev–Trinajstić information content (AvgIpc) is 2.80. The molecule has 0 aliphatic carbocycles. The number of carbonyl (C=O) groups excluding carboxylic acids is 1. The van der Waals surface area contributed by atoms with E-state index in [4.69, 9.17) is 9.47 Å². The lowest BCUT2D eigenvalue weighted by Crippen LogP contribution is -2.13. The van der Waals surface area contributed by atoms with Gasteiger partial charge in [0, 0.05) is 21.2 Å². The number of hydrogen-bond donors (Lipinski definition) is 1. The van der Waals surface area contributed by atoms with E-state index in [1.165, 1.54) is 18.2 Å². The van der Waals surface area contributed by atoms with Gasteiger partial charge in [-0.2, -0.15) is 5.26 Å². The third-order valence-corrected chi connectivity index (χ3v) is 5.73. The number of carbonyl (C=O) groups is 1. The van der Waals surface area contributed by atoms with E-state index in [0.717, 1.165) is 14.7 Å². The Bertz CT molecular complexity index is 1220. The quantitative estimate of drug-likeness (QED) is 0.211. The smallest absolute Gasteiger partial charge is 0.266 e. The Morgan fingerprint density at radius 3 is 2.58 bits per heavy atom. The van der Waals surface area contributed by atoms with E-state index < -0.39 is 5.91 Å². The van der Waals surface area contributed by atoms with E-state index in [2.05, 4.69) is 27.9 Å². The van der Waals surface area contributed by atoms with Crippen molar-refractivity contribution in [1.82, 2.24) is 0 Å². The molecule has 168 valence electrons. The number of ether oxygens (including phenoxy) is 2. The molecule has 0 bridgehead atoms. The molecule has 3 aromatic rings. The molecule has 0 aromatic heterocycles. The van der Waals surface area contributed by atoms with Crippen LogP contribution < -0.4 is 14.8 Å². The van der Waals surface area contributed by atoms with Crippen molar-refractivity contribution in [3.63, 3.8) is 0 Å². The Balaban J connectivity index is 1.83. The third-order valence-electron chi connectivity index (χ3n) is 4.77. The second-order valence-corrected chi connectivity index (χ2v) is 8.23. The number of anilines is 1. The summed E-state index contributed by atoms with van der Waals surface area (Å²) in [5.74, 6) is 0.492. The van der Waals surface area contributed by atoms with E-state index in [1.807, 2.05) is 25.1 Å². The van der Waals surface area contributed by atoms with Gasteiger partial charge < -0.3 is 14.8 Å². The second-order valence-electron chi connectivity index (χ2n) is 7.07. The molecule has 0 spiro atoms. The number of nitrogens with zero attached hydrogens (tertiary/aromatic N) is 1. The molecule has 3 rings (SSSR count). The van der Waals surface area contributed by atoms with Gasteiger partial charge in [-0.15, -0.1) is 0 Å². The number of nitrogens with one attached hydrogen (secondary N) is 1. The van der Waals surface area contributed by atoms with Gasteiger partial charge in [0.15, 0.2) is 0 Å². The van der Waals surface area contributed by atoms with Gasteiger partial charge in [0.2, 0.25) is 0 Å². The van der Waals surface area contributed by atoms with Crippen LogP contribution in [0.4, 0.5) is 10.1 Å². The molecule has 3 aromatic carbocycles. The number of halogens is 2. The molecular weight excluding hydrogens is 534 g/mol. The van der Waals surface area contributed by atoms with E-state index in [9.17, 15) is 14.4 Å². The van der Waals surface area contributed by atoms with Crippen molar-refractivity contribution < 1.29 is 18.7 Å². The maximum atomic E-state index is 13.6. The van der Waals surface area contributed by atoms with E-state index >= 15 is 0 Å². The van der Waals surface area contributed by atoms with Gasteiger partial charge in [-0.05, 0) is 95.2 Å². The van der Waals surface area contributed by atoms with Crippen LogP contribution >= 0.6 is 22.6 Å². The average molecular weight is 556 g/mol. The lowest BCUT2D eigenvalue weighted by molar-refractivity contribution is -0.112. The minimum absolute atomic E-state index is 0.0420. The van der Waals surface area contributed by atoms with Crippen LogP contribution in [0.25, 0.3) is 6.08 Å². The number of hydrogen-bond acceptors (Lipinski definition) is 4. The van der Waals surface area contributed by atoms with Crippen molar-refractivity contribution in [3.8, 4) is 17.6 Å². The largest absolute Gasteiger partial charge is 0.496 e. The first-order valence-corrected chi connectivity index (χ1v) is 11.3. The summed E-state index contributed by atoms with van der Waals surface area (Å²) >= 11 is 2.18. The van der Waals surface area contributed by atoms with Gasteiger partial charge >= 0.3 is 0 Å². The Labute approximate surface area is 206 Å². The normalized spacial score (nSPS) is 10.9. The molecule has 0 unspecified atom stereocenters. The minimum atomic E-state index is -0.514. The Hall–Kier alpha value is -3.38. The highest BCUT2D eigenvalue weighted by Crippen LogP contribution is 2.30. The van der Waals surface area contributed by atoms with Crippen molar-refractivity contribution in [2.75, 3.05) is 19.0 Å². The fraction of sp³-hybridized carbons (Fsp3) is 0.154. The summed E-state index contributed by atoms with van der Waals surface area (Å²) in [6.45, 7) is 2.44. The summed E-state index contributed by atoms with van der Waals surface area (Å²) < 4.78 is 25.4. The van der Waals surface area contributed by atoms with Crippen molar-refractivity contribution in [1.29, 1.82) is 5.26 Å². The minimum Gasteiger partial charge on any atom is -0.496 e. The fourth-order valence-corrected chi connectivity index (χ4v) is 4.05. The zero-order valence-electron chi connectivity index (χ0n) is 18.2.